The van der Waals surface area contributed by atoms with E-state index in [1.165, 1.54) is 15.9 Å². The first-order valence-corrected chi connectivity index (χ1v) is 18.6. The van der Waals surface area contributed by atoms with Crippen molar-refractivity contribution in [3.63, 3.8) is 0 Å². The zero-order chi connectivity index (χ0) is 35.6. The highest BCUT2D eigenvalue weighted by Gasteiger charge is 2.34. The Kier molecular flexibility index (Phi) is 10.4. The number of anilines is 2. The first kappa shape index (κ1) is 35.6. The fraction of sp³-hybridized carbons (Fsp3) is 0.455. The zero-order valence-electron chi connectivity index (χ0n) is 27.4. The van der Waals surface area contributed by atoms with Gasteiger partial charge in [-0.05, 0) is 86.1 Å². The highest BCUT2D eigenvalue weighted by Crippen LogP contribution is 2.36. The van der Waals surface area contributed by atoms with Crippen molar-refractivity contribution in [2.24, 2.45) is 12.8 Å². The van der Waals surface area contributed by atoms with Crippen molar-refractivity contribution in [2.75, 3.05) is 43.4 Å². The molecule has 4 heterocycles. The van der Waals surface area contributed by atoms with Gasteiger partial charge in [0.1, 0.15) is 4.88 Å². The molecule has 2 fully saturated rings. The quantitative estimate of drug-likeness (QED) is 0.196. The lowest BCUT2D eigenvalue weighted by Gasteiger charge is -2.33. The van der Waals surface area contributed by atoms with Crippen molar-refractivity contribution in [1.29, 1.82) is 5.26 Å². The van der Waals surface area contributed by atoms with Gasteiger partial charge < -0.3 is 16.4 Å². The number of nitrogens with two attached hydrogens (primary N) is 1. The largest absolute Gasteiger partial charge is 0.427 e. The highest BCUT2D eigenvalue weighted by molar-refractivity contribution is 7.89. The van der Waals surface area contributed by atoms with Crippen LogP contribution in [-0.4, -0.2) is 77.1 Å². The molecular weight excluding hydrogens is 692 g/mol. The number of nitriles is 1. The summed E-state index contributed by atoms with van der Waals surface area (Å²) in [7, 11) is -1.97. The van der Waals surface area contributed by atoms with Crippen LogP contribution in [0.1, 0.15) is 59.6 Å². The lowest BCUT2D eigenvalue weighted by Crippen LogP contribution is -2.42. The number of likely N-dealkylation sites (tertiary alicyclic amines) is 1. The summed E-state index contributed by atoms with van der Waals surface area (Å²) < 4.78 is 69.4. The van der Waals surface area contributed by atoms with Crippen LogP contribution in [0.5, 0.6) is 0 Å². The average Bonchev–Trinajstić information content (AvgIpc) is 3.69. The number of amides is 1. The molecule has 2 aromatic heterocycles. The number of aryl methyl sites for hydroxylation is 1. The third-order valence-corrected chi connectivity index (χ3v) is 12.3. The SMILES string of the molecule is Cn1nc(NCCC(N)=O)c2ccc(C3CCN(Cc4cc(S(=O)(=O)N5CCC(Nc6ncc(C(F)(F)F)s6)CC5)ccc4C#N)CC3)cc21. The standard InChI is InChI=1S/C33H38F3N9O3S2/c1-43-28-17-22(3-5-27(28)31(42-43)39-11-6-30(38)46)21-7-12-44(13-8-21)20-24-16-26(4-2-23(24)18-37)50(47,48)45-14-9-25(10-15-45)41-32-40-19-29(49-32)33(34,35)36/h2-5,16-17,19,21,25H,6-15,20H2,1H3,(H2,38,46)(H,39,42)(H,40,41). The van der Waals surface area contributed by atoms with Crippen LogP contribution >= 0.6 is 11.3 Å². The van der Waals surface area contributed by atoms with Crippen LogP contribution < -0.4 is 16.4 Å². The topological polar surface area (TPSA) is 162 Å². The van der Waals surface area contributed by atoms with E-state index in [9.17, 15) is 31.6 Å². The van der Waals surface area contributed by atoms with Gasteiger partial charge >= 0.3 is 6.18 Å². The molecule has 0 radical (unpaired) electrons. The summed E-state index contributed by atoms with van der Waals surface area (Å²) in [6, 6.07) is 13.0. The van der Waals surface area contributed by atoms with Crippen LogP contribution in [0.2, 0.25) is 0 Å². The molecule has 2 aromatic carbocycles. The van der Waals surface area contributed by atoms with E-state index >= 15 is 0 Å². The van der Waals surface area contributed by atoms with Crippen LogP contribution in [0.25, 0.3) is 10.9 Å². The molecule has 2 aliphatic heterocycles. The summed E-state index contributed by atoms with van der Waals surface area (Å²) >= 11 is 0.533. The Bertz CT molecular complexity index is 2010. The number of carbonyl (C=O) groups excluding carboxylic acids is 1. The molecular formula is C33H38F3N9O3S2. The Morgan fingerprint density at radius 3 is 2.50 bits per heavy atom. The van der Waals surface area contributed by atoms with Gasteiger partial charge in [0.15, 0.2) is 10.9 Å². The van der Waals surface area contributed by atoms with E-state index in [2.05, 4.69) is 49.9 Å². The molecule has 0 unspecified atom stereocenters. The van der Waals surface area contributed by atoms with Gasteiger partial charge in [0.2, 0.25) is 15.9 Å². The minimum absolute atomic E-state index is 0.121. The number of halogens is 3. The van der Waals surface area contributed by atoms with E-state index in [-0.39, 0.29) is 41.5 Å². The van der Waals surface area contributed by atoms with E-state index in [0.29, 0.717) is 60.1 Å². The number of nitrogens with one attached hydrogen (secondary N) is 2. The summed E-state index contributed by atoms with van der Waals surface area (Å²) in [6.07, 6.45) is -0.809. The minimum atomic E-state index is -4.46. The summed E-state index contributed by atoms with van der Waals surface area (Å²) in [4.78, 5) is 16.5. The molecule has 12 nitrogen and oxygen atoms in total. The van der Waals surface area contributed by atoms with Crippen LogP contribution in [-0.2, 0) is 34.6 Å². The Hall–Kier alpha value is -4.24. The maximum Gasteiger partial charge on any atom is 0.427 e. The molecule has 50 heavy (non-hydrogen) atoms. The smallest absolute Gasteiger partial charge is 0.370 e. The van der Waals surface area contributed by atoms with Crippen molar-refractivity contribution in [1.82, 2.24) is 24.0 Å². The van der Waals surface area contributed by atoms with E-state index in [4.69, 9.17) is 5.73 Å². The molecule has 0 atom stereocenters. The number of rotatable bonds is 11. The number of alkyl halides is 3. The summed E-state index contributed by atoms with van der Waals surface area (Å²) in [5.74, 6) is 0.667. The maximum absolute atomic E-state index is 13.7. The molecule has 2 saturated heterocycles. The summed E-state index contributed by atoms with van der Waals surface area (Å²) in [6.45, 7) is 2.82. The number of sulfonamides is 1. The number of thiazole rings is 1. The number of carbonyl (C=O) groups is 1. The number of primary amides is 1. The molecule has 4 aromatic rings. The van der Waals surface area contributed by atoms with Gasteiger partial charge in [-0.3, -0.25) is 14.4 Å². The summed E-state index contributed by atoms with van der Waals surface area (Å²) in [5, 5.41) is 21.7. The number of aromatic nitrogens is 3. The van der Waals surface area contributed by atoms with Crippen molar-refractivity contribution in [2.45, 2.75) is 61.7 Å². The third-order valence-electron chi connectivity index (χ3n) is 9.39. The van der Waals surface area contributed by atoms with E-state index < -0.39 is 21.1 Å². The minimum Gasteiger partial charge on any atom is -0.370 e. The lowest BCUT2D eigenvalue weighted by molar-refractivity contribution is -0.134. The van der Waals surface area contributed by atoms with E-state index in [1.807, 2.05) is 11.7 Å². The number of nitrogens with zero attached hydrogens (tertiary/aromatic N) is 6. The molecule has 6 rings (SSSR count). The average molecular weight is 730 g/mol. The van der Waals surface area contributed by atoms with Crippen LogP contribution in [0, 0.1) is 11.3 Å². The Morgan fingerprint density at radius 1 is 1.10 bits per heavy atom. The van der Waals surface area contributed by atoms with E-state index in [1.54, 1.807) is 12.1 Å². The van der Waals surface area contributed by atoms with Gasteiger partial charge in [0, 0.05) is 51.1 Å². The normalized spacial score (nSPS) is 17.2. The predicted octanol–water partition coefficient (Wildman–Crippen LogP) is 4.85. The van der Waals surface area contributed by atoms with Gasteiger partial charge in [0.25, 0.3) is 0 Å². The fourth-order valence-corrected chi connectivity index (χ4v) is 8.92. The molecule has 17 heteroatoms. The van der Waals surface area contributed by atoms with Crippen LogP contribution in [0.15, 0.2) is 47.5 Å². The lowest BCUT2D eigenvalue weighted by atomic mass is 9.88. The van der Waals surface area contributed by atoms with Crippen LogP contribution in [0.3, 0.4) is 0 Å². The van der Waals surface area contributed by atoms with Crippen molar-refractivity contribution >= 4 is 49.1 Å². The van der Waals surface area contributed by atoms with Crippen molar-refractivity contribution in [3.8, 4) is 6.07 Å². The first-order valence-electron chi connectivity index (χ1n) is 16.4. The summed E-state index contributed by atoms with van der Waals surface area (Å²) in [5.41, 5.74) is 8.54. The molecule has 0 aliphatic carbocycles. The van der Waals surface area contributed by atoms with Gasteiger partial charge in [-0.25, -0.2) is 13.4 Å². The Labute approximate surface area is 292 Å². The molecule has 0 spiro atoms. The molecule has 4 N–H and O–H groups in total. The highest BCUT2D eigenvalue weighted by atomic mass is 32.2. The van der Waals surface area contributed by atoms with Crippen molar-refractivity contribution < 1.29 is 26.4 Å². The monoisotopic (exact) mass is 729 g/mol. The van der Waals surface area contributed by atoms with Crippen LogP contribution in [0.4, 0.5) is 24.1 Å². The van der Waals surface area contributed by atoms with Gasteiger partial charge in [-0.1, -0.05) is 17.4 Å². The van der Waals surface area contributed by atoms with Crippen molar-refractivity contribution in [3.05, 3.63) is 64.2 Å². The number of benzene rings is 2. The number of piperidine rings is 2. The van der Waals surface area contributed by atoms with E-state index in [0.717, 1.165) is 43.0 Å². The Balaban J connectivity index is 1.06. The Morgan fingerprint density at radius 2 is 1.84 bits per heavy atom. The second-order valence-corrected chi connectivity index (χ2v) is 15.7. The first-order chi connectivity index (χ1) is 23.8. The predicted molar refractivity (Wildman–Crippen MR) is 184 cm³/mol. The second-order valence-electron chi connectivity index (χ2n) is 12.7. The molecule has 0 bridgehead atoms. The molecule has 1 amide bonds. The van der Waals surface area contributed by atoms with Gasteiger partial charge in [-0.2, -0.15) is 27.8 Å². The number of hydrogen-bond acceptors (Lipinski definition) is 10. The van der Waals surface area contributed by atoms with Gasteiger partial charge in [0.05, 0.1) is 28.2 Å². The molecule has 0 saturated carbocycles. The number of fused-ring (bicyclic) bond motifs is 1. The molecule has 266 valence electrons. The third kappa shape index (κ3) is 7.88. The maximum atomic E-state index is 13.7. The molecule has 2 aliphatic rings. The fourth-order valence-electron chi connectivity index (χ4n) is 6.63. The zero-order valence-corrected chi connectivity index (χ0v) is 29.0. The number of hydrogen-bond donors (Lipinski definition) is 3. The van der Waals surface area contributed by atoms with Gasteiger partial charge in [-0.15, -0.1) is 0 Å². The second kappa shape index (κ2) is 14.5.